The van der Waals surface area contributed by atoms with Crippen LogP contribution in [0, 0.1) is 0 Å². The van der Waals surface area contributed by atoms with Gasteiger partial charge in [-0.25, -0.2) is 14.4 Å². The zero-order valence-corrected chi connectivity index (χ0v) is 23.6. The van der Waals surface area contributed by atoms with Gasteiger partial charge in [0.05, 0.1) is 17.2 Å². The smallest absolute Gasteiger partial charge is 0.343 e. The summed E-state index contributed by atoms with van der Waals surface area (Å²) in [7, 11) is 1.68. The Kier molecular flexibility index (Phi) is 10.8. The lowest BCUT2D eigenvalue weighted by molar-refractivity contribution is -0.154. The summed E-state index contributed by atoms with van der Waals surface area (Å²) in [6.07, 6.45) is 1.59. The molecule has 1 aliphatic rings. The van der Waals surface area contributed by atoms with Gasteiger partial charge in [0.1, 0.15) is 6.04 Å². The molecule has 10 heteroatoms. The van der Waals surface area contributed by atoms with E-state index in [9.17, 15) is 19.2 Å². The molecule has 1 amide bonds. The van der Waals surface area contributed by atoms with Crippen molar-refractivity contribution in [1.82, 2.24) is 16.0 Å². The van der Waals surface area contributed by atoms with Crippen LogP contribution in [0.3, 0.4) is 0 Å². The van der Waals surface area contributed by atoms with Gasteiger partial charge >= 0.3 is 17.9 Å². The second kappa shape index (κ2) is 14.9. The minimum Gasteiger partial charge on any atom is -0.445 e. The molecule has 3 N–H and O–H groups in total. The summed E-state index contributed by atoms with van der Waals surface area (Å²) in [6.45, 7) is 2.59. The van der Waals surface area contributed by atoms with Crippen LogP contribution in [0.25, 0.3) is 0 Å². The van der Waals surface area contributed by atoms with Crippen molar-refractivity contribution in [2.24, 2.45) is 0 Å². The number of hydrogen-bond donors (Lipinski definition) is 3. The SMILES string of the molecule is CCC(NC)OC(=O)[C@H](Cc1ccc(OC(=O)c2ccccc2)c(OC(=O)c2ccccc2)c1)NC(=O)C1CCCN1. The Morgan fingerprint density at radius 1 is 0.881 bits per heavy atom. The van der Waals surface area contributed by atoms with E-state index in [2.05, 4.69) is 16.0 Å². The summed E-state index contributed by atoms with van der Waals surface area (Å²) in [5.74, 6) is -2.17. The third-order valence-electron chi connectivity index (χ3n) is 6.80. The van der Waals surface area contributed by atoms with Gasteiger partial charge in [-0.15, -0.1) is 0 Å². The second-order valence-electron chi connectivity index (χ2n) is 9.83. The molecule has 0 bridgehead atoms. The van der Waals surface area contributed by atoms with E-state index in [1.807, 2.05) is 6.92 Å². The van der Waals surface area contributed by atoms with Crippen molar-refractivity contribution in [3.8, 4) is 11.5 Å². The lowest BCUT2D eigenvalue weighted by atomic mass is 10.0. The van der Waals surface area contributed by atoms with Crippen LogP contribution in [0.5, 0.6) is 11.5 Å². The first-order valence-electron chi connectivity index (χ1n) is 14.0. The standard InChI is InChI=1S/C32H35N3O7/c1-3-28(33-2)42-32(39)25(35-29(36)24-15-10-18-34-24)19-21-16-17-26(40-30(37)22-11-6-4-7-12-22)27(20-21)41-31(38)23-13-8-5-9-14-23/h4-9,11-14,16-17,20,24-25,28,33-34H,3,10,15,18-19H2,1-2H3,(H,35,36)/t24?,25-,28?/m0/s1. The van der Waals surface area contributed by atoms with Gasteiger partial charge in [-0.1, -0.05) is 49.4 Å². The summed E-state index contributed by atoms with van der Waals surface area (Å²) < 4.78 is 16.9. The second-order valence-corrected chi connectivity index (χ2v) is 9.83. The number of rotatable bonds is 12. The van der Waals surface area contributed by atoms with Gasteiger partial charge in [-0.3, -0.25) is 10.1 Å². The third kappa shape index (κ3) is 8.25. The van der Waals surface area contributed by atoms with Crippen molar-refractivity contribution in [2.75, 3.05) is 13.6 Å². The molecule has 3 aromatic rings. The van der Waals surface area contributed by atoms with E-state index in [4.69, 9.17) is 14.2 Å². The van der Waals surface area contributed by atoms with Gasteiger partial charge in [0, 0.05) is 6.42 Å². The van der Waals surface area contributed by atoms with Crippen molar-refractivity contribution in [2.45, 2.75) is 50.9 Å². The fraction of sp³-hybridized carbons (Fsp3) is 0.312. The Balaban J connectivity index is 1.61. The topological polar surface area (TPSA) is 132 Å². The van der Waals surface area contributed by atoms with Gasteiger partial charge in [0.15, 0.2) is 17.7 Å². The molecule has 3 aromatic carbocycles. The maximum atomic E-state index is 13.2. The van der Waals surface area contributed by atoms with E-state index in [1.54, 1.807) is 73.8 Å². The maximum absolute atomic E-state index is 13.2. The zero-order chi connectivity index (χ0) is 29.9. The van der Waals surface area contributed by atoms with Crippen LogP contribution in [0.4, 0.5) is 0 Å². The molecular formula is C32H35N3O7. The molecule has 3 atom stereocenters. The first-order valence-corrected chi connectivity index (χ1v) is 14.0. The van der Waals surface area contributed by atoms with Crippen LogP contribution >= 0.6 is 0 Å². The van der Waals surface area contributed by atoms with E-state index < -0.39 is 36.2 Å². The predicted molar refractivity (Wildman–Crippen MR) is 155 cm³/mol. The monoisotopic (exact) mass is 573 g/mol. The fourth-order valence-electron chi connectivity index (χ4n) is 4.49. The van der Waals surface area contributed by atoms with Crippen molar-refractivity contribution in [1.29, 1.82) is 0 Å². The number of carbonyl (C=O) groups is 4. The molecule has 1 fully saturated rings. The highest BCUT2D eigenvalue weighted by Gasteiger charge is 2.30. The average Bonchev–Trinajstić information content (AvgIpc) is 3.57. The van der Waals surface area contributed by atoms with E-state index in [0.29, 0.717) is 29.5 Å². The molecule has 2 unspecified atom stereocenters. The Hall–Kier alpha value is -4.54. The number of amides is 1. The van der Waals surface area contributed by atoms with E-state index >= 15 is 0 Å². The summed E-state index contributed by atoms with van der Waals surface area (Å²) >= 11 is 0. The molecular weight excluding hydrogens is 538 g/mol. The van der Waals surface area contributed by atoms with Crippen LogP contribution in [0.15, 0.2) is 78.9 Å². The highest BCUT2D eigenvalue weighted by molar-refractivity contribution is 5.93. The lowest BCUT2D eigenvalue weighted by Crippen LogP contribution is -2.50. The fourth-order valence-corrected chi connectivity index (χ4v) is 4.49. The van der Waals surface area contributed by atoms with E-state index in [1.165, 1.54) is 12.1 Å². The average molecular weight is 574 g/mol. The number of carbonyl (C=O) groups excluding carboxylic acids is 4. The molecule has 10 nitrogen and oxygen atoms in total. The Labute approximate surface area is 244 Å². The third-order valence-corrected chi connectivity index (χ3v) is 6.80. The van der Waals surface area contributed by atoms with Crippen molar-refractivity contribution in [3.63, 3.8) is 0 Å². The summed E-state index contributed by atoms with van der Waals surface area (Å²) in [4.78, 5) is 51.9. The maximum Gasteiger partial charge on any atom is 0.343 e. The molecule has 0 spiro atoms. The molecule has 1 heterocycles. The molecule has 0 saturated carbocycles. The predicted octanol–water partition coefficient (Wildman–Crippen LogP) is 3.40. The lowest BCUT2D eigenvalue weighted by Gasteiger charge is -2.23. The van der Waals surface area contributed by atoms with Gasteiger partial charge in [0.25, 0.3) is 0 Å². The molecule has 0 aliphatic carbocycles. The minimum absolute atomic E-state index is 0.0109. The number of nitrogens with one attached hydrogen (secondary N) is 3. The highest BCUT2D eigenvalue weighted by atomic mass is 16.6. The van der Waals surface area contributed by atoms with E-state index in [0.717, 1.165) is 13.0 Å². The Morgan fingerprint density at radius 2 is 1.50 bits per heavy atom. The van der Waals surface area contributed by atoms with Gasteiger partial charge in [-0.2, -0.15) is 0 Å². The Bertz CT molecular complexity index is 1370. The molecule has 0 radical (unpaired) electrons. The first-order chi connectivity index (χ1) is 20.4. The molecule has 1 aliphatic heterocycles. The van der Waals surface area contributed by atoms with Crippen LogP contribution in [0.1, 0.15) is 52.5 Å². The summed E-state index contributed by atoms with van der Waals surface area (Å²) in [6, 6.07) is 20.1. The van der Waals surface area contributed by atoms with Crippen LogP contribution in [-0.2, 0) is 20.7 Å². The molecule has 220 valence electrons. The van der Waals surface area contributed by atoms with Gasteiger partial charge in [-0.05, 0) is 74.8 Å². The van der Waals surface area contributed by atoms with Gasteiger partial charge < -0.3 is 24.8 Å². The van der Waals surface area contributed by atoms with Crippen LogP contribution in [-0.4, -0.2) is 55.7 Å². The normalized spacial score (nSPS) is 15.7. The zero-order valence-electron chi connectivity index (χ0n) is 23.6. The van der Waals surface area contributed by atoms with Crippen molar-refractivity contribution in [3.05, 3.63) is 95.6 Å². The number of esters is 3. The quantitative estimate of drug-likeness (QED) is 0.169. The molecule has 42 heavy (non-hydrogen) atoms. The highest BCUT2D eigenvalue weighted by Crippen LogP contribution is 2.31. The molecule has 0 aromatic heterocycles. The van der Waals surface area contributed by atoms with Crippen LogP contribution in [0.2, 0.25) is 0 Å². The van der Waals surface area contributed by atoms with Gasteiger partial charge in [0.2, 0.25) is 5.91 Å². The number of benzene rings is 3. The Morgan fingerprint density at radius 3 is 2.05 bits per heavy atom. The molecule has 1 saturated heterocycles. The minimum atomic E-state index is -1.02. The number of hydrogen-bond acceptors (Lipinski definition) is 9. The molecule has 4 rings (SSSR count). The van der Waals surface area contributed by atoms with Crippen molar-refractivity contribution < 1.29 is 33.4 Å². The van der Waals surface area contributed by atoms with Crippen molar-refractivity contribution >= 4 is 23.8 Å². The largest absolute Gasteiger partial charge is 0.445 e. The van der Waals surface area contributed by atoms with E-state index in [-0.39, 0.29) is 23.8 Å². The summed E-state index contributed by atoms with van der Waals surface area (Å²) in [5, 5.41) is 8.87. The van der Waals surface area contributed by atoms with Crippen LogP contribution < -0.4 is 25.4 Å². The first kappa shape index (κ1) is 30.4. The summed E-state index contributed by atoms with van der Waals surface area (Å²) in [5.41, 5.74) is 1.17. The number of ether oxygens (including phenoxy) is 3.